The van der Waals surface area contributed by atoms with E-state index in [-0.39, 0.29) is 11.7 Å². The molecule has 1 aliphatic heterocycles. The molecule has 1 atom stereocenters. The van der Waals surface area contributed by atoms with Gasteiger partial charge in [0, 0.05) is 6.54 Å². The molecule has 2 heterocycles. The summed E-state index contributed by atoms with van der Waals surface area (Å²) >= 11 is 0. The minimum absolute atomic E-state index is 0.0339. The van der Waals surface area contributed by atoms with E-state index in [1.54, 1.807) is 6.07 Å². The predicted octanol–water partition coefficient (Wildman–Crippen LogP) is 1.35. The maximum Gasteiger partial charge on any atom is 0.335 e. The van der Waals surface area contributed by atoms with Crippen molar-refractivity contribution < 1.29 is 23.8 Å². The number of ether oxygens (including phenoxy) is 2. The van der Waals surface area contributed by atoms with Crippen LogP contribution in [0.4, 0.5) is 6.01 Å². The summed E-state index contributed by atoms with van der Waals surface area (Å²) in [5, 5.41) is 11.9. The molecule has 1 aromatic carbocycles. The molecule has 0 bridgehead atoms. The maximum absolute atomic E-state index is 10.9. The van der Waals surface area contributed by atoms with E-state index in [1.807, 2.05) is 0 Å². The van der Waals surface area contributed by atoms with Gasteiger partial charge in [-0.3, -0.25) is 0 Å². The zero-order chi connectivity index (χ0) is 13.9. The van der Waals surface area contributed by atoms with Crippen molar-refractivity contribution in [1.82, 2.24) is 4.98 Å². The topological polar surface area (TPSA) is 93.8 Å². The molecule has 1 aliphatic rings. The minimum Gasteiger partial charge on any atom is -0.478 e. The van der Waals surface area contributed by atoms with Crippen LogP contribution in [0.5, 0.6) is 0 Å². The number of aromatic nitrogens is 1. The fourth-order valence-corrected chi connectivity index (χ4v) is 1.99. The Labute approximate surface area is 114 Å². The summed E-state index contributed by atoms with van der Waals surface area (Å²) in [6.07, 6.45) is -0.0339. The van der Waals surface area contributed by atoms with Gasteiger partial charge in [0.2, 0.25) is 0 Å². The zero-order valence-corrected chi connectivity index (χ0v) is 10.7. The molecule has 2 N–H and O–H groups in total. The number of hydrogen-bond acceptors (Lipinski definition) is 6. The van der Waals surface area contributed by atoms with Crippen LogP contribution in [0, 0.1) is 0 Å². The highest BCUT2D eigenvalue weighted by Crippen LogP contribution is 2.20. The number of anilines is 1. The molecule has 20 heavy (non-hydrogen) atoms. The van der Waals surface area contributed by atoms with Crippen molar-refractivity contribution in [3.63, 3.8) is 0 Å². The van der Waals surface area contributed by atoms with Gasteiger partial charge in [0.1, 0.15) is 5.52 Å². The Morgan fingerprint density at radius 3 is 3.10 bits per heavy atom. The summed E-state index contributed by atoms with van der Waals surface area (Å²) in [6.45, 7) is 2.27. The first-order chi connectivity index (χ1) is 9.72. The third-order valence-corrected chi connectivity index (χ3v) is 3.00. The Bertz CT molecular complexity index is 618. The highest BCUT2D eigenvalue weighted by atomic mass is 16.6. The fraction of sp³-hybridized carbons (Fsp3) is 0.385. The van der Waals surface area contributed by atoms with Crippen LogP contribution < -0.4 is 5.32 Å². The highest BCUT2D eigenvalue weighted by molar-refractivity contribution is 5.92. The predicted molar refractivity (Wildman–Crippen MR) is 70.0 cm³/mol. The Balaban J connectivity index is 1.70. The minimum atomic E-state index is -0.995. The standard InChI is InChI=1S/C13H14N2O5/c16-12(17)8-1-2-10-11(5-8)20-13(15-10)14-6-9-7-18-3-4-19-9/h1-2,5,9H,3-4,6-7H2,(H,14,15)(H,16,17). The van der Waals surface area contributed by atoms with E-state index >= 15 is 0 Å². The maximum atomic E-state index is 10.9. The van der Waals surface area contributed by atoms with Crippen LogP contribution in [0.2, 0.25) is 0 Å². The fourth-order valence-electron chi connectivity index (χ4n) is 1.99. The number of oxazole rings is 1. The van der Waals surface area contributed by atoms with Crippen LogP contribution in [0.1, 0.15) is 10.4 Å². The molecule has 2 aromatic rings. The Hall–Kier alpha value is -2.12. The average Bonchev–Trinajstić information content (AvgIpc) is 2.88. The Kier molecular flexibility index (Phi) is 3.53. The lowest BCUT2D eigenvalue weighted by Gasteiger charge is -2.22. The van der Waals surface area contributed by atoms with Gasteiger partial charge < -0.3 is 24.3 Å². The van der Waals surface area contributed by atoms with Crippen LogP contribution in [0.15, 0.2) is 22.6 Å². The molecular weight excluding hydrogens is 264 g/mol. The number of carbonyl (C=O) groups is 1. The van der Waals surface area contributed by atoms with E-state index in [9.17, 15) is 4.79 Å². The van der Waals surface area contributed by atoms with Crippen LogP contribution in [-0.2, 0) is 9.47 Å². The molecule has 1 fully saturated rings. The molecule has 7 heteroatoms. The molecule has 1 saturated heterocycles. The lowest BCUT2D eigenvalue weighted by molar-refractivity contribution is -0.0820. The highest BCUT2D eigenvalue weighted by Gasteiger charge is 2.15. The Morgan fingerprint density at radius 1 is 1.45 bits per heavy atom. The number of carboxylic acids is 1. The van der Waals surface area contributed by atoms with Crippen molar-refractivity contribution in [3.8, 4) is 0 Å². The normalized spacial score (nSPS) is 19.1. The number of carboxylic acid groups (broad SMARTS) is 1. The zero-order valence-electron chi connectivity index (χ0n) is 10.7. The molecule has 0 amide bonds. The number of hydrogen-bond donors (Lipinski definition) is 2. The number of benzene rings is 1. The van der Waals surface area contributed by atoms with E-state index in [2.05, 4.69) is 10.3 Å². The molecule has 0 spiro atoms. The van der Waals surface area contributed by atoms with Crippen molar-refractivity contribution in [1.29, 1.82) is 0 Å². The first kappa shape index (κ1) is 12.9. The number of fused-ring (bicyclic) bond motifs is 1. The van der Waals surface area contributed by atoms with Gasteiger partial charge in [-0.2, -0.15) is 4.98 Å². The molecule has 7 nitrogen and oxygen atoms in total. The Morgan fingerprint density at radius 2 is 2.35 bits per heavy atom. The van der Waals surface area contributed by atoms with E-state index in [4.69, 9.17) is 19.0 Å². The van der Waals surface area contributed by atoms with Gasteiger partial charge in [-0.15, -0.1) is 0 Å². The second-order valence-electron chi connectivity index (χ2n) is 4.46. The van der Waals surface area contributed by atoms with Crippen LogP contribution in [-0.4, -0.2) is 48.5 Å². The number of nitrogens with one attached hydrogen (secondary N) is 1. The van der Waals surface area contributed by atoms with Gasteiger partial charge in [0.05, 0.1) is 31.5 Å². The number of aromatic carboxylic acids is 1. The summed E-state index contributed by atoms with van der Waals surface area (Å²) < 4.78 is 16.2. The second kappa shape index (κ2) is 5.48. The van der Waals surface area contributed by atoms with Crippen molar-refractivity contribution in [2.24, 2.45) is 0 Å². The van der Waals surface area contributed by atoms with Gasteiger partial charge in [0.25, 0.3) is 6.01 Å². The second-order valence-corrected chi connectivity index (χ2v) is 4.46. The van der Waals surface area contributed by atoms with Gasteiger partial charge in [-0.05, 0) is 18.2 Å². The summed E-state index contributed by atoms with van der Waals surface area (Å²) in [5.74, 6) is -0.995. The van der Waals surface area contributed by atoms with E-state index < -0.39 is 5.97 Å². The quantitative estimate of drug-likeness (QED) is 0.871. The summed E-state index contributed by atoms with van der Waals surface area (Å²) in [6, 6.07) is 4.91. The van der Waals surface area contributed by atoms with Gasteiger partial charge in [0.15, 0.2) is 5.58 Å². The van der Waals surface area contributed by atoms with Crippen molar-refractivity contribution in [3.05, 3.63) is 23.8 Å². The van der Waals surface area contributed by atoms with Crippen LogP contribution in [0.3, 0.4) is 0 Å². The van der Waals surface area contributed by atoms with Crippen LogP contribution in [0.25, 0.3) is 11.1 Å². The van der Waals surface area contributed by atoms with E-state index in [0.717, 1.165) is 0 Å². The average molecular weight is 278 g/mol. The first-order valence-electron chi connectivity index (χ1n) is 6.29. The first-order valence-corrected chi connectivity index (χ1v) is 6.29. The monoisotopic (exact) mass is 278 g/mol. The summed E-state index contributed by atoms with van der Waals surface area (Å²) in [5.41, 5.74) is 1.22. The molecule has 0 saturated carbocycles. The van der Waals surface area contributed by atoms with Gasteiger partial charge in [-0.1, -0.05) is 0 Å². The van der Waals surface area contributed by atoms with E-state index in [1.165, 1.54) is 12.1 Å². The molecular formula is C13H14N2O5. The third kappa shape index (κ3) is 2.73. The molecule has 106 valence electrons. The largest absolute Gasteiger partial charge is 0.478 e. The molecule has 0 radical (unpaired) electrons. The SMILES string of the molecule is O=C(O)c1ccc2nc(NCC3COCCO3)oc2c1. The molecule has 1 aromatic heterocycles. The summed E-state index contributed by atoms with van der Waals surface area (Å²) in [7, 11) is 0. The third-order valence-electron chi connectivity index (χ3n) is 3.00. The van der Waals surface area contributed by atoms with Crippen LogP contribution >= 0.6 is 0 Å². The summed E-state index contributed by atoms with van der Waals surface area (Å²) in [4.78, 5) is 15.1. The lowest BCUT2D eigenvalue weighted by Crippen LogP contribution is -2.34. The van der Waals surface area contributed by atoms with Crippen molar-refractivity contribution in [2.45, 2.75) is 6.10 Å². The molecule has 3 rings (SSSR count). The van der Waals surface area contributed by atoms with Gasteiger partial charge >= 0.3 is 5.97 Å². The lowest BCUT2D eigenvalue weighted by atomic mass is 10.2. The molecule has 1 unspecified atom stereocenters. The van der Waals surface area contributed by atoms with Crippen molar-refractivity contribution in [2.75, 3.05) is 31.7 Å². The van der Waals surface area contributed by atoms with Crippen molar-refractivity contribution >= 4 is 23.1 Å². The van der Waals surface area contributed by atoms with E-state index in [0.29, 0.717) is 43.5 Å². The van der Waals surface area contributed by atoms with Gasteiger partial charge in [-0.25, -0.2) is 4.79 Å². The number of rotatable bonds is 4. The molecule has 0 aliphatic carbocycles. The number of nitrogens with zero attached hydrogens (tertiary/aromatic N) is 1. The smallest absolute Gasteiger partial charge is 0.335 e.